The fourth-order valence-corrected chi connectivity index (χ4v) is 3.25. The van der Waals surface area contributed by atoms with Gasteiger partial charge in [-0.25, -0.2) is 0 Å². The molecule has 3 rings (SSSR count). The largest absolute Gasteiger partial charge is 0.349 e. The van der Waals surface area contributed by atoms with Crippen LogP contribution in [0.5, 0.6) is 0 Å². The number of fused-ring (bicyclic) bond motifs is 1. The minimum Gasteiger partial charge on any atom is -0.349 e. The second-order valence-corrected chi connectivity index (χ2v) is 6.24. The van der Waals surface area contributed by atoms with E-state index in [2.05, 4.69) is 0 Å². The van der Waals surface area contributed by atoms with Crippen molar-refractivity contribution in [3.8, 4) is 0 Å². The summed E-state index contributed by atoms with van der Waals surface area (Å²) in [5.41, 5.74) is 2.42. The highest BCUT2D eigenvalue weighted by atomic mass is 16.2. The quantitative estimate of drug-likeness (QED) is 0.857. The first-order valence-corrected chi connectivity index (χ1v) is 7.65. The standard InChI is InChI=1S/C17H20N2O3/c1-18(2)17(22)9-11-8-15(20)14-10-12(5-6-13(11)14)19-7-3-4-16(19)21/h5-6,10-11H,3-4,7-9H2,1-2H3. The molecule has 0 N–H and O–H groups in total. The number of anilines is 1. The number of Topliss-reactive ketones (excluding diaryl/α,β-unsaturated/α-hetero) is 1. The van der Waals surface area contributed by atoms with Crippen LogP contribution in [0.25, 0.3) is 0 Å². The summed E-state index contributed by atoms with van der Waals surface area (Å²) < 4.78 is 0. The number of carbonyl (C=O) groups is 3. The van der Waals surface area contributed by atoms with Crippen molar-refractivity contribution in [1.29, 1.82) is 0 Å². The highest BCUT2D eigenvalue weighted by molar-refractivity contribution is 6.04. The molecular formula is C17H20N2O3. The van der Waals surface area contributed by atoms with Crippen molar-refractivity contribution < 1.29 is 14.4 Å². The molecule has 0 saturated carbocycles. The van der Waals surface area contributed by atoms with Gasteiger partial charge in [0.2, 0.25) is 11.8 Å². The third kappa shape index (κ3) is 2.51. The number of nitrogens with zero attached hydrogens (tertiary/aromatic N) is 2. The van der Waals surface area contributed by atoms with Gasteiger partial charge in [-0.1, -0.05) is 6.07 Å². The Kier molecular flexibility index (Phi) is 3.72. The van der Waals surface area contributed by atoms with Crippen LogP contribution < -0.4 is 4.90 Å². The molecule has 5 nitrogen and oxygen atoms in total. The first-order valence-electron chi connectivity index (χ1n) is 7.65. The molecule has 1 unspecified atom stereocenters. The van der Waals surface area contributed by atoms with E-state index in [4.69, 9.17) is 0 Å². The van der Waals surface area contributed by atoms with E-state index in [9.17, 15) is 14.4 Å². The maximum absolute atomic E-state index is 12.2. The van der Waals surface area contributed by atoms with Crippen molar-refractivity contribution in [2.75, 3.05) is 25.5 Å². The van der Waals surface area contributed by atoms with Crippen LogP contribution in [0, 0.1) is 0 Å². The topological polar surface area (TPSA) is 57.7 Å². The molecule has 1 aliphatic carbocycles. The summed E-state index contributed by atoms with van der Waals surface area (Å²) in [6.07, 6.45) is 2.18. The lowest BCUT2D eigenvalue weighted by molar-refractivity contribution is -0.129. The van der Waals surface area contributed by atoms with Crippen molar-refractivity contribution in [2.45, 2.75) is 31.6 Å². The Bertz CT molecular complexity index is 651. The van der Waals surface area contributed by atoms with Crippen LogP contribution in [-0.2, 0) is 9.59 Å². The van der Waals surface area contributed by atoms with Gasteiger partial charge >= 0.3 is 0 Å². The molecule has 2 amide bonds. The molecule has 0 radical (unpaired) electrons. The number of hydrogen-bond donors (Lipinski definition) is 0. The zero-order valence-electron chi connectivity index (χ0n) is 13.0. The van der Waals surface area contributed by atoms with Gasteiger partial charge in [0.25, 0.3) is 0 Å². The smallest absolute Gasteiger partial charge is 0.227 e. The zero-order valence-corrected chi connectivity index (χ0v) is 13.0. The number of rotatable bonds is 3. The Morgan fingerprint density at radius 3 is 2.73 bits per heavy atom. The second kappa shape index (κ2) is 5.55. The molecular weight excluding hydrogens is 280 g/mol. The lowest BCUT2D eigenvalue weighted by Gasteiger charge is -2.18. The minimum absolute atomic E-state index is 0.0319. The summed E-state index contributed by atoms with van der Waals surface area (Å²) in [4.78, 5) is 39.3. The van der Waals surface area contributed by atoms with Crippen molar-refractivity contribution >= 4 is 23.3 Å². The molecule has 1 saturated heterocycles. The molecule has 0 spiro atoms. The maximum atomic E-state index is 12.2. The first-order chi connectivity index (χ1) is 10.5. The normalized spacial score (nSPS) is 20.5. The average Bonchev–Trinajstić information content (AvgIpc) is 3.03. The Morgan fingerprint density at radius 1 is 1.32 bits per heavy atom. The van der Waals surface area contributed by atoms with Gasteiger partial charge in [0, 0.05) is 57.1 Å². The predicted octanol–water partition coefficient (Wildman–Crippen LogP) is 1.96. The number of carbonyl (C=O) groups excluding carboxylic acids is 3. The van der Waals surface area contributed by atoms with E-state index in [1.54, 1.807) is 23.9 Å². The fraction of sp³-hybridized carbons (Fsp3) is 0.471. The van der Waals surface area contributed by atoms with Crippen LogP contribution in [0.2, 0.25) is 0 Å². The van der Waals surface area contributed by atoms with E-state index in [1.165, 1.54) is 0 Å². The Balaban J connectivity index is 1.86. The average molecular weight is 300 g/mol. The number of benzene rings is 1. The molecule has 0 bridgehead atoms. The third-order valence-electron chi connectivity index (χ3n) is 4.51. The van der Waals surface area contributed by atoms with Gasteiger partial charge < -0.3 is 9.80 Å². The fourth-order valence-electron chi connectivity index (χ4n) is 3.25. The van der Waals surface area contributed by atoms with Crippen molar-refractivity contribution in [3.63, 3.8) is 0 Å². The van der Waals surface area contributed by atoms with Crippen LogP contribution in [0.1, 0.15) is 47.5 Å². The summed E-state index contributed by atoms with van der Waals surface area (Å²) in [7, 11) is 3.45. The van der Waals surface area contributed by atoms with E-state index < -0.39 is 0 Å². The van der Waals surface area contributed by atoms with Gasteiger partial charge in [0.1, 0.15) is 0 Å². The molecule has 5 heteroatoms. The van der Waals surface area contributed by atoms with Crippen LogP contribution in [-0.4, -0.2) is 43.1 Å². The first kappa shape index (κ1) is 14.8. The van der Waals surface area contributed by atoms with Crippen molar-refractivity contribution in [1.82, 2.24) is 4.90 Å². The molecule has 1 aliphatic heterocycles. The highest BCUT2D eigenvalue weighted by Gasteiger charge is 2.32. The Labute approximate surface area is 129 Å². The van der Waals surface area contributed by atoms with E-state index in [1.807, 2.05) is 18.2 Å². The molecule has 1 fully saturated rings. The van der Waals surface area contributed by atoms with Gasteiger partial charge in [-0.05, 0) is 24.1 Å². The number of amides is 2. The Morgan fingerprint density at radius 2 is 2.09 bits per heavy atom. The zero-order chi connectivity index (χ0) is 15.9. The van der Waals surface area contributed by atoms with Crippen molar-refractivity contribution in [3.05, 3.63) is 29.3 Å². The summed E-state index contributed by atoms with van der Waals surface area (Å²) in [5.74, 6) is 0.176. The summed E-state index contributed by atoms with van der Waals surface area (Å²) in [6.45, 7) is 0.717. The molecule has 1 aromatic carbocycles. The van der Waals surface area contributed by atoms with E-state index in [0.717, 1.165) is 17.7 Å². The Hall–Kier alpha value is -2.17. The highest BCUT2D eigenvalue weighted by Crippen LogP contribution is 2.38. The van der Waals surface area contributed by atoms with Crippen molar-refractivity contribution in [2.24, 2.45) is 0 Å². The molecule has 1 atom stereocenters. The summed E-state index contributed by atoms with van der Waals surface area (Å²) in [5, 5.41) is 0. The van der Waals surface area contributed by atoms with E-state index >= 15 is 0 Å². The van der Waals surface area contributed by atoms with Crippen LogP contribution in [0.3, 0.4) is 0 Å². The minimum atomic E-state index is -0.0410. The lowest BCUT2D eigenvalue weighted by atomic mass is 9.97. The van der Waals surface area contributed by atoms with Crippen LogP contribution >= 0.6 is 0 Å². The molecule has 1 heterocycles. The van der Waals surface area contributed by atoms with Gasteiger partial charge in [-0.15, -0.1) is 0 Å². The summed E-state index contributed by atoms with van der Waals surface area (Å²) in [6, 6.07) is 5.63. The van der Waals surface area contributed by atoms with Gasteiger partial charge in [-0.3, -0.25) is 14.4 Å². The van der Waals surface area contributed by atoms with E-state index in [-0.39, 0.29) is 23.5 Å². The van der Waals surface area contributed by atoms with Gasteiger partial charge in [0.15, 0.2) is 5.78 Å². The molecule has 0 aromatic heterocycles. The van der Waals surface area contributed by atoms with Crippen LogP contribution in [0.4, 0.5) is 5.69 Å². The number of hydrogen-bond acceptors (Lipinski definition) is 3. The van der Waals surface area contributed by atoms with E-state index in [0.29, 0.717) is 31.4 Å². The summed E-state index contributed by atoms with van der Waals surface area (Å²) >= 11 is 0. The maximum Gasteiger partial charge on any atom is 0.227 e. The monoisotopic (exact) mass is 300 g/mol. The molecule has 22 heavy (non-hydrogen) atoms. The predicted molar refractivity (Wildman–Crippen MR) is 83.0 cm³/mol. The molecule has 2 aliphatic rings. The number of ketones is 1. The third-order valence-corrected chi connectivity index (χ3v) is 4.51. The molecule has 116 valence electrons. The SMILES string of the molecule is CN(C)C(=O)CC1CC(=O)c2cc(N3CCCC3=O)ccc21. The van der Waals surface area contributed by atoms with Gasteiger partial charge in [0.05, 0.1) is 0 Å². The molecule has 1 aromatic rings. The lowest BCUT2D eigenvalue weighted by Crippen LogP contribution is -2.24. The van der Waals surface area contributed by atoms with Crippen LogP contribution in [0.15, 0.2) is 18.2 Å². The second-order valence-electron chi connectivity index (χ2n) is 6.24. The van der Waals surface area contributed by atoms with Gasteiger partial charge in [-0.2, -0.15) is 0 Å².